The van der Waals surface area contributed by atoms with Gasteiger partial charge in [0.05, 0.1) is 25.0 Å². The summed E-state index contributed by atoms with van der Waals surface area (Å²) in [5.74, 6) is -0.589. The molecule has 2 atom stereocenters. The number of allylic oxidation sites excluding steroid dienone is 1. The van der Waals surface area contributed by atoms with Crippen LogP contribution in [0.4, 0.5) is 0 Å². The molecule has 0 aliphatic carbocycles. The molecule has 2 aliphatic rings. The van der Waals surface area contributed by atoms with E-state index in [9.17, 15) is 9.90 Å². The van der Waals surface area contributed by atoms with E-state index in [1.807, 2.05) is 13.0 Å². The van der Waals surface area contributed by atoms with Gasteiger partial charge in [-0.2, -0.15) is 0 Å². The van der Waals surface area contributed by atoms with Gasteiger partial charge in [0.25, 0.3) is 0 Å². The van der Waals surface area contributed by atoms with Crippen molar-refractivity contribution >= 4 is 16.9 Å². The third-order valence-corrected chi connectivity index (χ3v) is 5.87. The van der Waals surface area contributed by atoms with Crippen molar-refractivity contribution in [3.8, 4) is 0 Å². The highest BCUT2D eigenvalue weighted by atomic mass is 16.5. The van der Waals surface area contributed by atoms with Crippen LogP contribution in [0.15, 0.2) is 47.7 Å². The number of para-hydroxylation sites is 1. The highest BCUT2D eigenvalue weighted by Crippen LogP contribution is 2.44. The minimum atomic E-state index is -0.460. The normalized spacial score (nSPS) is 25.2. The summed E-state index contributed by atoms with van der Waals surface area (Å²) < 4.78 is 4.89. The van der Waals surface area contributed by atoms with E-state index in [1.54, 1.807) is 0 Å². The zero-order valence-electron chi connectivity index (χ0n) is 15.2. The van der Waals surface area contributed by atoms with Crippen molar-refractivity contribution < 1.29 is 14.6 Å². The quantitative estimate of drug-likeness (QED) is 0.375. The predicted molar refractivity (Wildman–Crippen MR) is 101 cm³/mol. The molecule has 136 valence electrons. The van der Waals surface area contributed by atoms with E-state index >= 15 is 0 Å². The van der Waals surface area contributed by atoms with Gasteiger partial charge >= 0.3 is 5.97 Å². The molecular formula is C21H24N2O3. The molecule has 26 heavy (non-hydrogen) atoms. The molecule has 4 rings (SSSR count). The number of methoxy groups -OCH3 is 1. The Morgan fingerprint density at radius 1 is 1.38 bits per heavy atom. The maximum atomic E-state index is 12.2. The molecule has 0 bridgehead atoms. The summed E-state index contributed by atoms with van der Waals surface area (Å²) in [5, 5.41) is 11.0. The standard InChI is InChI=1S/C21H24N2O3/c1-3-13-11-23-9-8-15-14-6-4-5-7-18(14)22-20(15)19(23)10-16(13)17(12-24)21(25)26-2/h3-7,12,16,19,22,24H,8-11H2,1-2H3/b13-3+,17-12-/t16-,19+/m1/s1. The number of hydrogen-bond acceptors (Lipinski definition) is 4. The Morgan fingerprint density at radius 2 is 2.19 bits per heavy atom. The molecule has 2 N–H and O–H groups in total. The van der Waals surface area contributed by atoms with E-state index in [4.69, 9.17) is 4.74 Å². The summed E-state index contributed by atoms with van der Waals surface area (Å²) in [5.41, 5.74) is 5.30. The molecule has 1 saturated heterocycles. The molecule has 0 amide bonds. The zero-order valence-corrected chi connectivity index (χ0v) is 15.2. The van der Waals surface area contributed by atoms with Crippen molar-refractivity contribution in [2.75, 3.05) is 20.2 Å². The highest BCUT2D eigenvalue weighted by Gasteiger charge is 2.40. The third kappa shape index (κ3) is 2.54. The highest BCUT2D eigenvalue weighted by molar-refractivity contribution is 5.89. The fourth-order valence-electron chi connectivity index (χ4n) is 4.57. The number of aromatic nitrogens is 1. The number of benzene rings is 1. The first-order valence-electron chi connectivity index (χ1n) is 9.09. The van der Waals surface area contributed by atoms with Crippen LogP contribution in [0.2, 0.25) is 0 Å². The van der Waals surface area contributed by atoms with Crippen molar-refractivity contribution in [2.45, 2.75) is 25.8 Å². The van der Waals surface area contributed by atoms with Crippen molar-refractivity contribution in [3.05, 3.63) is 59.0 Å². The average molecular weight is 352 g/mol. The van der Waals surface area contributed by atoms with Crippen LogP contribution in [0, 0.1) is 5.92 Å². The number of piperidine rings is 1. The number of H-pyrrole nitrogens is 1. The van der Waals surface area contributed by atoms with E-state index in [1.165, 1.54) is 29.3 Å². The van der Waals surface area contributed by atoms with Crippen LogP contribution in [0.3, 0.4) is 0 Å². The van der Waals surface area contributed by atoms with Gasteiger partial charge in [0.15, 0.2) is 0 Å². The lowest BCUT2D eigenvalue weighted by Crippen LogP contribution is -2.43. The summed E-state index contributed by atoms with van der Waals surface area (Å²) in [6.45, 7) is 3.79. The Kier molecular flexibility index (Phi) is 4.32. The Hall–Kier alpha value is -2.53. The number of aromatic amines is 1. The van der Waals surface area contributed by atoms with Gasteiger partial charge in [-0.25, -0.2) is 4.79 Å². The van der Waals surface area contributed by atoms with Gasteiger partial charge in [0.2, 0.25) is 0 Å². The minimum Gasteiger partial charge on any atom is -0.515 e. The number of carbonyl (C=O) groups is 1. The molecule has 0 unspecified atom stereocenters. The minimum absolute atomic E-state index is 0.129. The van der Waals surface area contributed by atoms with Crippen molar-refractivity contribution in [3.63, 3.8) is 0 Å². The zero-order chi connectivity index (χ0) is 18.3. The molecule has 0 spiro atoms. The smallest absolute Gasteiger partial charge is 0.337 e. The maximum Gasteiger partial charge on any atom is 0.337 e. The number of aliphatic hydroxyl groups is 1. The monoisotopic (exact) mass is 352 g/mol. The number of nitrogens with one attached hydrogen (secondary N) is 1. The van der Waals surface area contributed by atoms with E-state index in [0.717, 1.165) is 37.8 Å². The fraction of sp³-hybridized carbons (Fsp3) is 0.381. The van der Waals surface area contributed by atoms with Crippen LogP contribution < -0.4 is 0 Å². The summed E-state index contributed by atoms with van der Waals surface area (Å²) in [7, 11) is 1.35. The number of hydrogen-bond donors (Lipinski definition) is 2. The number of carbonyl (C=O) groups excluding carboxylic acids is 1. The van der Waals surface area contributed by atoms with Gasteiger partial charge in [-0.15, -0.1) is 0 Å². The first kappa shape index (κ1) is 16.9. The molecule has 0 saturated carbocycles. The molecule has 3 heterocycles. The number of aliphatic hydroxyl groups excluding tert-OH is 1. The molecule has 2 aromatic rings. The van der Waals surface area contributed by atoms with Crippen LogP contribution in [0.25, 0.3) is 10.9 Å². The number of ether oxygens (including phenoxy) is 1. The van der Waals surface area contributed by atoms with E-state index in [2.05, 4.69) is 34.2 Å². The first-order chi connectivity index (χ1) is 12.7. The number of nitrogens with zero attached hydrogens (tertiary/aromatic N) is 1. The molecule has 0 radical (unpaired) electrons. The fourth-order valence-corrected chi connectivity index (χ4v) is 4.57. The molecule has 1 aromatic heterocycles. The second kappa shape index (κ2) is 6.65. The number of esters is 1. The van der Waals surface area contributed by atoms with Crippen LogP contribution in [-0.4, -0.2) is 41.2 Å². The average Bonchev–Trinajstić information content (AvgIpc) is 3.07. The number of rotatable bonds is 2. The van der Waals surface area contributed by atoms with Gasteiger partial charge in [-0.3, -0.25) is 4.90 Å². The predicted octanol–water partition coefficient (Wildman–Crippen LogP) is 3.65. The van der Waals surface area contributed by atoms with Gasteiger partial charge < -0.3 is 14.8 Å². The molecule has 2 aliphatic heterocycles. The summed E-state index contributed by atoms with van der Waals surface area (Å²) in [6, 6.07) is 8.62. The molecule has 5 heteroatoms. The molecule has 1 aromatic carbocycles. The van der Waals surface area contributed by atoms with Crippen molar-refractivity contribution in [1.29, 1.82) is 0 Å². The van der Waals surface area contributed by atoms with Crippen molar-refractivity contribution in [2.24, 2.45) is 5.92 Å². The van der Waals surface area contributed by atoms with Crippen LogP contribution in [0.5, 0.6) is 0 Å². The lowest BCUT2D eigenvalue weighted by molar-refractivity contribution is -0.136. The van der Waals surface area contributed by atoms with Gasteiger partial charge in [-0.05, 0) is 31.4 Å². The molecule has 5 nitrogen and oxygen atoms in total. The van der Waals surface area contributed by atoms with Crippen LogP contribution >= 0.6 is 0 Å². The largest absolute Gasteiger partial charge is 0.515 e. The second-order valence-electron chi connectivity index (χ2n) is 7.03. The number of fused-ring (bicyclic) bond motifs is 5. The van der Waals surface area contributed by atoms with Crippen molar-refractivity contribution in [1.82, 2.24) is 9.88 Å². The van der Waals surface area contributed by atoms with E-state index in [-0.39, 0.29) is 12.0 Å². The van der Waals surface area contributed by atoms with Gasteiger partial charge in [0.1, 0.15) is 0 Å². The Bertz CT molecular complexity index is 909. The lowest BCUT2D eigenvalue weighted by atomic mass is 9.78. The lowest BCUT2D eigenvalue weighted by Gasteiger charge is -2.43. The van der Waals surface area contributed by atoms with E-state index in [0.29, 0.717) is 5.57 Å². The van der Waals surface area contributed by atoms with Gasteiger partial charge in [-0.1, -0.05) is 29.8 Å². The Balaban J connectivity index is 1.75. The SMILES string of the molecule is C/C=C1\CN2CCc3c([nH]c4ccccc34)[C@@H]2C[C@H]1/C(=C/O)C(=O)OC. The second-order valence-corrected chi connectivity index (χ2v) is 7.03. The summed E-state index contributed by atoms with van der Waals surface area (Å²) >= 11 is 0. The van der Waals surface area contributed by atoms with E-state index < -0.39 is 5.97 Å². The Labute approximate surface area is 153 Å². The third-order valence-electron chi connectivity index (χ3n) is 5.87. The Morgan fingerprint density at radius 3 is 2.92 bits per heavy atom. The summed E-state index contributed by atoms with van der Waals surface area (Å²) in [6.07, 6.45) is 4.76. The van der Waals surface area contributed by atoms with Crippen LogP contribution in [0.1, 0.15) is 30.6 Å². The molecular weight excluding hydrogens is 328 g/mol. The molecule has 1 fully saturated rings. The first-order valence-corrected chi connectivity index (χ1v) is 9.09. The van der Waals surface area contributed by atoms with Gasteiger partial charge in [0, 0.05) is 35.6 Å². The van der Waals surface area contributed by atoms with Crippen LogP contribution in [-0.2, 0) is 16.0 Å². The summed E-state index contributed by atoms with van der Waals surface area (Å²) in [4.78, 5) is 18.2. The topological polar surface area (TPSA) is 65.6 Å². The maximum absolute atomic E-state index is 12.2.